The van der Waals surface area contributed by atoms with Crippen molar-refractivity contribution in [3.63, 3.8) is 0 Å². The van der Waals surface area contributed by atoms with Gasteiger partial charge >= 0.3 is 6.36 Å². The first kappa shape index (κ1) is 18.4. The third-order valence-corrected chi connectivity index (χ3v) is 4.60. The Hall–Kier alpha value is -0.980. The smallest absolute Gasteiger partial charge is 0.406 e. The number of hydrogen-bond acceptors (Lipinski definition) is 3. The standard InChI is InChI=1S/C16H21F3N2O.ClH/c17-16(18,19)22-14-6-4-13(5-7-14)15(12-2-1-3-12)21-10-8-20-9-11-21;/h4-7,12,15,20H,1-3,8-11H2;1H/t15-;/m0./s1. The molecule has 1 saturated heterocycles. The number of nitrogens with zero attached hydrogens (tertiary/aromatic N) is 1. The number of alkyl halides is 3. The summed E-state index contributed by atoms with van der Waals surface area (Å²) in [5.41, 5.74) is 1.10. The molecule has 23 heavy (non-hydrogen) atoms. The molecule has 0 unspecified atom stereocenters. The van der Waals surface area contributed by atoms with Gasteiger partial charge in [-0.1, -0.05) is 18.6 Å². The van der Waals surface area contributed by atoms with Crippen LogP contribution in [0.3, 0.4) is 0 Å². The first-order chi connectivity index (χ1) is 10.5. The fraction of sp³-hybridized carbons (Fsp3) is 0.625. The highest BCUT2D eigenvalue weighted by Gasteiger charge is 2.34. The molecule has 1 aromatic rings. The first-order valence-electron chi connectivity index (χ1n) is 7.83. The Labute approximate surface area is 140 Å². The van der Waals surface area contributed by atoms with Gasteiger partial charge in [0.1, 0.15) is 5.75 Å². The lowest BCUT2D eigenvalue weighted by Gasteiger charge is -2.43. The lowest BCUT2D eigenvalue weighted by Crippen LogP contribution is -2.47. The molecular weight excluding hydrogens is 329 g/mol. The minimum absolute atomic E-state index is 0. The van der Waals surface area contributed by atoms with Gasteiger partial charge in [-0.2, -0.15) is 0 Å². The molecule has 0 amide bonds. The predicted octanol–water partition coefficient (Wildman–Crippen LogP) is 3.75. The SMILES string of the molecule is Cl.FC(F)(F)Oc1ccc([C@H](C2CCC2)N2CCNCC2)cc1. The second-order valence-corrected chi connectivity index (χ2v) is 6.04. The van der Waals surface area contributed by atoms with Crippen LogP contribution in [0.4, 0.5) is 13.2 Å². The van der Waals surface area contributed by atoms with Crippen molar-refractivity contribution in [2.75, 3.05) is 26.2 Å². The van der Waals surface area contributed by atoms with Crippen molar-refractivity contribution >= 4 is 12.4 Å². The van der Waals surface area contributed by atoms with Crippen LogP contribution >= 0.6 is 12.4 Å². The summed E-state index contributed by atoms with van der Waals surface area (Å²) >= 11 is 0. The molecule has 7 heteroatoms. The number of nitrogens with one attached hydrogen (secondary N) is 1. The highest BCUT2D eigenvalue weighted by atomic mass is 35.5. The minimum atomic E-state index is -4.63. The van der Waals surface area contributed by atoms with Crippen LogP contribution in [-0.2, 0) is 0 Å². The van der Waals surface area contributed by atoms with Gasteiger partial charge in [0.2, 0.25) is 0 Å². The summed E-state index contributed by atoms with van der Waals surface area (Å²) in [7, 11) is 0. The van der Waals surface area contributed by atoms with Crippen LogP contribution in [0, 0.1) is 5.92 Å². The minimum Gasteiger partial charge on any atom is -0.406 e. The molecule has 130 valence electrons. The number of halogens is 4. The zero-order valence-corrected chi connectivity index (χ0v) is 13.6. The van der Waals surface area contributed by atoms with Crippen LogP contribution in [0.5, 0.6) is 5.75 Å². The summed E-state index contributed by atoms with van der Waals surface area (Å²) in [6.07, 6.45) is -0.971. The summed E-state index contributed by atoms with van der Waals surface area (Å²) in [4.78, 5) is 2.46. The molecule has 0 bridgehead atoms. The third-order valence-electron chi connectivity index (χ3n) is 4.60. The highest BCUT2D eigenvalue weighted by molar-refractivity contribution is 5.85. The van der Waals surface area contributed by atoms with Gasteiger partial charge < -0.3 is 10.1 Å². The van der Waals surface area contributed by atoms with Crippen molar-refractivity contribution in [3.05, 3.63) is 29.8 Å². The second kappa shape index (κ2) is 7.73. The number of piperazine rings is 1. The van der Waals surface area contributed by atoms with E-state index < -0.39 is 6.36 Å². The molecular formula is C16H22ClF3N2O. The zero-order valence-electron chi connectivity index (χ0n) is 12.8. The summed E-state index contributed by atoms with van der Waals surface area (Å²) in [6, 6.07) is 6.74. The molecule has 1 aromatic carbocycles. The monoisotopic (exact) mass is 350 g/mol. The van der Waals surface area contributed by atoms with E-state index in [0.717, 1.165) is 31.7 Å². The summed E-state index contributed by atoms with van der Waals surface area (Å²) in [6.45, 7) is 3.92. The number of benzene rings is 1. The number of rotatable bonds is 4. The predicted molar refractivity (Wildman–Crippen MR) is 84.9 cm³/mol. The van der Waals surface area contributed by atoms with E-state index in [4.69, 9.17) is 0 Å². The highest BCUT2D eigenvalue weighted by Crippen LogP contribution is 2.42. The van der Waals surface area contributed by atoms with E-state index in [0.29, 0.717) is 12.0 Å². The van der Waals surface area contributed by atoms with Gasteiger partial charge in [-0.15, -0.1) is 25.6 Å². The third kappa shape index (κ3) is 4.75. The molecule has 1 heterocycles. The van der Waals surface area contributed by atoms with E-state index in [1.165, 1.54) is 31.4 Å². The van der Waals surface area contributed by atoms with Crippen LogP contribution in [0.15, 0.2) is 24.3 Å². The van der Waals surface area contributed by atoms with Crippen LogP contribution < -0.4 is 10.1 Å². The molecule has 2 fully saturated rings. The van der Waals surface area contributed by atoms with E-state index in [-0.39, 0.29) is 18.2 Å². The number of hydrogen-bond donors (Lipinski definition) is 1. The molecule has 0 spiro atoms. The molecule has 0 radical (unpaired) electrons. The van der Waals surface area contributed by atoms with Crippen LogP contribution in [0.1, 0.15) is 30.9 Å². The van der Waals surface area contributed by atoms with Gasteiger partial charge in [0.15, 0.2) is 0 Å². The van der Waals surface area contributed by atoms with E-state index in [2.05, 4.69) is 15.0 Å². The molecule has 1 atom stereocenters. The Morgan fingerprint density at radius 3 is 2.17 bits per heavy atom. The maximum Gasteiger partial charge on any atom is 0.573 e. The quantitative estimate of drug-likeness (QED) is 0.895. The maximum atomic E-state index is 12.2. The molecule has 1 aliphatic carbocycles. The molecule has 1 N–H and O–H groups in total. The Kier molecular flexibility index (Phi) is 6.17. The van der Waals surface area contributed by atoms with Gasteiger partial charge in [-0.3, -0.25) is 4.90 Å². The van der Waals surface area contributed by atoms with Gasteiger partial charge in [0, 0.05) is 32.2 Å². The summed E-state index contributed by atoms with van der Waals surface area (Å²) in [5.74, 6) is 0.469. The average molecular weight is 351 g/mol. The van der Waals surface area contributed by atoms with Crippen molar-refractivity contribution < 1.29 is 17.9 Å². The van der Waals surface area contributed by atoms with Crippen molar-refractivity contribution in [2.45, 2.75) is 31.7 Å². The summed E-state index contributed by atoms with van der Waals surface area (Å²) < 4.78 is 40.7. The normalized spacial score (nSPS) is 21.2. The Morgan fingerprint density at radius 1 is 1.09 bits per heavy atom. The van der Waals surface area contributed by atoms with Gasteiger partial charge in [-0.05, 0) is 36.5 Å². The molecule has 3 rings (SSSR count). The lowest BCUT2D eigenvalue weighted by atomic mass is 9.76. The first-order valence-corrected chi connectivity index (χ1v) is 7.83. The molecule has 1 saturated carbocycles. The fourth-order valence-corrected chi connectivity index (χ4v) is 3.36. The lowest BCUT2D eigenvalue weighted by molar-refractivity contribution is -0.274. The molecule has 2 aliphatic rings. The fourth-order valence-electron chi connectivity index (χ4n) is 3.36. The van der Waals surface area contributed by atoms with E-state index in [9.17, 15) is 13.2 Å². The van der Waals surface area contributed by atoms with Crippen molar-refractivity contribution in [2.24, 2.45) is 5.92 Å². The molecule has 0 aromatic heterocycles. The van der Waals surface area contributed by atoms with E-state index in [1.54, 1.807) is 12.1 Å². The van der Waals surface area contributed by atoms with Gasteiger partial charge in [0.25, 0.3) is 0 Å². The van der Waals surface area contributed by atoms with Crippen LogP contribution in [0.2, 0.25) is 0 Å². The van der Waals surface area contributed by atoms with E-state index in [1.807, 2.05) is 0 Å². The second-order valence-electron chi connectivity index (χ2n) is 6.04. The largest absolute Gasteiger partial charge is 0.573 e. The Bertz CT molecular complexity index is 485. The Morgan fingerprint density at radius 2 is 1.70 bits per heavy atom. The van der Waals surface area contributed by atoms with Crippen molar-refractivity contribution in [1.82, 2.24) is 10.2 Å². The van der Waals surface area contributed by atoms with Crippen LogP contribution in [0.25, 0.3) is 0 Å². The summed E-state index contributed by atoms with van der Waals surface area (Å²) in [5, 5.41) is 3.34. The Balaban J connectivity index is 0.00000192. The maximum absolute atomic E-state index is 12.2. The van der Waals surface area contributed by atoms with Crippen molar-refractivity contribution in [3.8, 4) is 5.75 Å². The molecule has 1 aliphatic heterocycles. The van der Waals surface area contributed by atoms with Crippen molar-refractivity contribution in [1.29, 1.82) is 0 Å². The molecule has 3 nitrogen and oxygen atoms in total. The zero-order chi connectivity index (χ0) is 15.6. The van der Waals surface area contributed by atoms with E-state index >= 15 is 0 Å². The topological polar surface area (TPSA) is 24.5 Å². The average Bonchev–Trinajstić information content (AvgIpc) is 2.43. The van der Waals surface area contributed by atoms with Gasteiger partial charge in [0.05, 0.1) is 0 Å². The number of ether oxygens (including phenoxy) is 1. The van der Waals surface area contributed by atoms with Crippen LogP contribution in [-0.4, -0.2) is 37.4 Å². The van der Waals surface area contributed by atoms with Gasteiger partial charge in [-0.25, -0.2) is 0 Å².